The van der Waals surface area contributed by atoms with Crippen molar-refractivity contribution in [1.29, 1.82) is 0 Å². The molecule has 1 aromatic rings. The van der Waals surface area contributed by atoms with E-state index in [0.717, 1.165) is 17.7 Å². The number of benzene rings is 1. The summed E-state index contributed by atoms with van der Waals surface area (Å²) in [6.45, 7) is 0.759. The highest BCUT2D eigenvalue weighted by Gasteiger charge is 2.55. The number of imide groups is 1. The molecule has 2 amide bonds. The van der Waals surface area contributed by atoms with Gasteiger partial charge in [-0.1, -0.05) is 6.07 Å². The summed E-state index contributed by atoms with van der Waals surface area (Å²) in [5, 5.41) is 3.89. The maximum Gasteiger partial charge on any atom is 0.355 e. The van der Waals surface area contributed by atoms with Crippen molar-refractivity contribution < 1.29 is 28.6 Å². The Hall–Kier alpha value is -2.94. The summed E-state index contributed by atoms with van der Waals surface area (Å²) in [5.74, 6) is -2.18. The Morgan fingerprint density at radius 2 is 2.22 bits per heavy atom. The number of fused-ring (bicyclic) bond motifs is 1. The Morgan fingerprint density at radius 1 is 1.37 bits per heavy atom. The molecule has 2 fully saturated rings. The number of carbonyl (C=O) groups excluding carboxylic acids is 3. The molecule has 9 nitrogen and oxygen atoms in total. The van der Waals surface area contributed by atoms with Gasteiger partial charge in [0.15, 0.2) is 5.71 Å². The van der Waals surface area contributed by atoms with Crippen LogP contribution >= 0.6 is 0 Å². The molecule has 3 atom stereocenters. The van der Waals surface area contributed by atoms with Crippen molar-refractivity contribution in [2.24, 2.45) is 11.0 Å². The molecule has 142 valence electrons. The summed E-state index contributed by atoms with van der Waals surface area (Å²) >= 11 is 0. The average molecular weight is 373 g/mol. The number of nitrogens with one attached hydrogen (secondary N) is 1. The predicted octanol–water partition coefficient (Wildman–Crippen LogP) is 0.235. The van der Waals surface area contributed by atoms with Crippen molar-refractivity contribution in [3.63, 3.8) is 0 Å². The lowest BCUT2D eigenvalue weighted by Crippen LogP contribution is -2.36. The van der Waals surface area contributed by atoms with E-state index in [2.05, 4.69) is 10.5 Å². The number of amides is 2. The molecule has 1 N–H and O–H groups in total. The first-order valence-electron chi connectivity index (χ1n) is 8.74. The summed E-state index contributed by atoms with van der Waals surface area (Å²) in [7, 11) is 1.50. The molecule has 27 heavy (non-hydrogen) atoms. The Bertz CT molecular complexity index is 817. The fourth-order valence-electron chi connectivity index (χ4n) is 3.48. The van der Waals surface area contributed by atoms with Crippen LogP contribution in [0.1, 0.15) is 12.8 Å². The molecular weight excluding hydrogens is 354 g/mol. The van der Waals surface area contributed by atoms with E-state index in [4.69, 9.17) is 14.2 Å². The van der Waals surface area contributed by atoms with Gasteiger partial charge in [0, 0.05) is 12.7 Å². The molecule has 0 spiro atoms. The lowest BCUT2D eigenvalue weighted by atomic mass is 9.99. The second-order valence-electron chi connectivity index (χ2n) is 6.53. The van der Waals surface area contributed by atoms with Crippen LogP contribution in [-0.2, 0) is 23.9 Å². The fourth-order valence-corrected chi connectivity index (χ4v) is 3.48. The van der Waals surface area contributed by atoms with E-state index < -0.39 is 29.7 Å². The molecule has 9 heteroatoms. The lowest BCUT2D eigenvalue weighted by Gasteiger charge is -2.16. The van der Waals surface area contributed by atoms with Crippen LogP contribution < -0.4 is 15.1 Å². The normalized spacial score (nSPS) is 26.6. The van der Waals surface area contributed by atoms with Crippen LogP contribution in [0.3, 0.4) is 0 Å². The monoisotopic (exact) mass is 373 g/mol. The standard InChI is InChI=1S/C18H19N3O6/c1-25-11-5-2-4-10(8-11)21-16(22)13-14(17(21)23)19-20-15(13)18(24)27-9-12-6-3-7-26-12/h2,4-5,8,12-14,19H,3,6-7,9H2,1H3/t12-,13-,14+/m1/s1. The zero-order valence-corrected chi connectivity index (χ0v) is 14.7. The smallest absolute Gasteiger partial charge is 0.355 e. The first-order chi connectivity index (χ1) is 13.1. The number of rotatable bonds is 5. The van der Waals surface area contributed by atoms with E-state index in [1.807, 2.05) is 0 Å². The number of anilines is 1. The second kappa shape index (κ2) is 6.99. The molecule has 1 aromatic carbocycles. The molecule has 0 radical (unpaired) electrons. The quantitative estimate of drug-likeness (QED) is 0.582. The van der Waals surface area contributed by atoms with Crippen molar-refractivity contribution >= 4 is 29.2 Å². The molecule has 0 unspecified atom stereocenters. The number of ether oxygens (including phenoxy) is 3. The zero-order chi connectivity index (χ0) is 19.0. The zero-order valence-electron chi connectivity index (χ0n) is 14.7. The van der Waals surface area contributed by atoms with Crippen molar-refractivity contribution in [3.05, 3.63) is 24.3 Å². The summed E-state index contributed by atoms with van der Waals surface area (Å²) < 4.78 is 15.8. The fraction of sp³-hybridized carbons (Fsp3) is 0.444. The van der Waals surface area contributed by atoms with Crippen LogP contribution in [-0.4, -0.2) is 56.0 Å². The Morgan fingerprint density at radius 3 is 2.96 bits per heavy atom. The number of hydrazone groups is 1. The number of hydrogen-bond donors (Lipinski definition) is 1. The van der Waals surface area contributed by atoms with Crippen LogP contribution in [0, 0.1) is 5.92 Å². The minimum absolute atomic E-state index is 0.0817. The SMILES string of the molecule is COc1cccc(N2C(=O)[C@H]3C(C(=O)OC[C@H]4CCCO4)=NN[C@@H]3C2=O)c1. The number of methoxy groups -OCH3 is 1. The molecule has 0 aliphatic carbocycles. The summed E-state index contributed by atoms with van der Waals surface area (Å²) in [6.07, 6.45) is 1.62. The van der Waals surface area contributed by atoms with Gasteiger partial charge < -0.3 is 14.2 Å². The van der Waals surface area contributed by atoms with Crippen molar-refractivity contribution in [2.75, 3.05) is 25.2 Å². The molecule has 3 aliphatic rings. The topological polar surface area (TPSA) is 107 Å². The van der Waals surface area contributed by atoms with Gasteiger partial charge in [-0.15, -0.1) is 0 Å². The highest BCUT2D eigenvalue weighted by Crippen LogP contribution is 2.32. The van der Waals surface area contributed by atoms with Gasteiger partial charge in [-0.05, 0) is 25.0 Å². The number of esters is 1. The predicted molar refractivity (Wildman–Crippen MR) is 93.3 cm³/mol. The van der Waals surface area contributed by atoms with Gasteiger partial charge in [-0.25, -0.2) is 9.69 Å². The van der Waals surface area contributed by atoms with Crippen LogP contribution in [0.5, 0.6) is 5.75 Å². The number of nitrogens with zero attached hydrogens (tertiary/aromatic N) is 2. The summed E-state index contributed by atoms with van der Waals surface area (Å²) in [4.78, 5) is 39.0. The van der Waals surface area contributed by atoms with Gasteiger partial charge >= 0.3 is 5.97 Å². The largest absolute Gasteiger partial charge is 0.497 e. The van der Waals surface area contributed by atoms with E-state index >= 15 is 0 Å². The van der Waals surface area contributed by atoms with Gasteiger partial charge in [0.1, 0.15) is 24.3 Å². The van der Waals surface area contributed by atoms with Crippen molar-refractivity contribution in [3.8, 4) is 5.75 Å². The van der Waals surface area contributed by atoms with Crippen LogP contribution in [0.15, 0.2) is 29.4 Å². The molecule has 2 saturated heterocycles. The van der Waals surface area contributed by atoms with Gasteiger partial charge in [-0.3, -0.25) is 15.0 Å². The summed E-state index contributed by atoms with van der Waals surface area (Å²) in [5.41, 5.74) is 2.90. The number of hydrogen-bond acceptors (Lipinski definition) is 8. The first kappa shape index (κ1) is 17.5. The molecule has 0 saturated carbocycles. The van der Waals surface area contributed by atoms with Crippen LogP contribution in [0.2, 0.25) is 0 Å². The average Bonchev–Trinajstić information content (AvgIpc) is 3.39. The first-order valence-corrected chi connectivity index (χ1v) is 8.74. The minimum Gasteiger partial charge on any atom is -0.497 e. The third-order valence-corrected chi connectivity index (χ3v) is 4.87. The van der Waals surface area contributed by atoms with Crippen molar-refractivity contribution in [2.45, 2.75) is 25.0 Å². The maximum atomic E-state index is 12.9. The van der Waals surface area contributed by atoms with E-state index in [0.29, 0.717) is 18.0 Å². The third kappa shape index (κ3) is 3.03. The summed E-state index contributed by atoms with van der Waals surface area (Å²) in [6, 6.07) is 5.70. The van der Waals surface area contributed by atoms with Crippen LogP contribution in [0.4, 0.5) is 5.69 Å². The van der Waals surface area contributed by atoms with E-state index in [-0.39, 0.29) is 18.4 Å². The van der Waals surface area contributed by atoms with Crippen LogP contribution in [0.25, 0.3) is 0 Å². The molecule has 0 bridgehead atoms. The molecule has 0 aromatic heterocycles. The molecule has 3 aliphatic heterocycles. The second-order valence-corrected chi connectivity index (χ2v) is 6.53. The van der Waals surface area contributed by atoms with E-state index in [1.165, 1.54) is 7.11 Å². The van der Waals surface area contributed by atoms with Gasteiger partial charge in [0.2, 0.25) is 5.91 Å². The highest BCUT2D eigenvalue weighted by molar-refractivity contribution is 6.46. The maximum absolute atomic E-state index is 12.9. The Balaban J connectivity index is 1.50. The third-order valence-electron chi connectivity index (χ3n) is 4.87. The van der Waals surface area contributed by atoms with Gasteiger partial charge in [0.25, 0.3) is 5.91 Å². The van der Waals surface area contributed by atoms with E-state index in [9.17, 15) is 14.4 Å². The molecule has 3 heterocycles. The molecular formula is C18H19N3O6. The van der Waals surface area contributed by atoms with Gasteiger partial charge in [-0.2, -0.15) is 5.10 Å². The Kier molecular flexibility index (Phi) is 4.53. The Labute approximate surface area is 155 Å². The molecule has 4 rings (SSSR count). The van der Waals surface area contributed by atoms with E-state index in [1.54, 1.807) is 24.3 Å². The number of carbonyl (C=O) groups is 3. The highest BCUT2D eigenvalue weighted by atomic mass is 16.6. The minimum atomic E-state index is -0.999. The lowest BCUT2D eigenvalue weighted by molar-refractivity contribution is -0.139. The van der Waals surface area contributed by atoms with Gasteiger partial charge in [0.05, 0.1) is 18.9 Å². The van der Waals surface area contributed by atoms with Crippen molar-refractivity contribution in [1.82, 2.24) is 5.43 Å².